The summed E-state index contributed by atoms with van der Waals surface area (Å²) in [5, 5.41) is 19.7. The van der Waals surface area contributed by atoms with Gasteiger partial charge in [-0.3, -0.25) is 9.59 Å². The summed E-state index contributed by atoms with van der Waals surface area (Å²) in [6, 6.07) is 0. The van der Waals surface area contributed by atoms with E-state index in [1.165, 1.54) is 45.4 Å². The topological polar surface area (TPSA) is 74.6 Å². The zero-order chi connectivity index (χ0) is 16.4. The lowest BCUT2D eigenvalue weighted by Crippen LogP contribution is -2.51. The van der Waals surface area contributed by atoms with Crippen LogP contribution in [0.4, 0.5) is 0 Å². The highest BCUT2D eigenvalue weighted by molar-refractivity contribution is 5.98. The fourth-order valence-corrected chi connectivity index (χ4v) is 7.02. The SMILES string of the molecule is CC(C(=O)O)(C(=O)O)C(C1CC2CCC1C2)C1CC2CCC1C2. The number of carboxylic acid groups (broad SMARTS) is 2. The molecule has 4 bridgehead atoms. The first kappa shape index (κ1) is 15.5. The normalized spacial score (nSPS) is 43.0. The Kier molecular flexibility index (Phi) is 3.51. The van der Waals surface area contributed by atoms with Crippen LogP contribution in [0, 0.1) is 46.8 Å². The Bertz CT molecular complexity index is 485. The van der Waals surface area contributed by atoms with Crippen molar-refractivity contribution < 1.29 is 19.8 Å². The van der Waals surface area contributed by atoms with Gasteiger partial charge in [-0.2, -0.15) is 0 Å². The molecule has 23 heavy (non-hydrogen) atoms. The first-order valence-electron chi connectivity index (χ1n) is 9.38. The Morgan fingerprint density at radius 1 is 0.826 bits per heavy atom. The van der Waals surface area contributed by atoms with Gasteiger partial charge in [0.05, 0.1) is 0 Å². The summed E-state index contributed by atoms with van der Waals surface area (Å²) >= 11 is 0. The summed E-state index contributed by atoms with van der Waals surface area (Å²) in [4.78, 5) is 24.1. The molecule has 4 aliphatic carbocycles. The second-order valence-electron chi connectivity index (χ2n) is 9.02. The summed E-state index contributed by atoms with van der Waals surface area (Å²) < 4.78 is 0. The van der Waals surface area contributed by atoms with Crippen molar-refractivity contribution >= 4 is 11.9 Å². The van der Waals surface area contributed by atoms with Gasteiger partial charge >= 0.3 is 11.9 Å². The summed E-state index contributed by atoms with van der Waals surface area (Å²) in [6.45, 7) is 1.50. The molecule has 2 N–H and O–H groups in total. The lowest BCUT2D eigenvalue weighted by molar-refractivity contribution is -0.173. The molecular weight excluding hydrogens is 292 g/mol. The van der Waals surface area contributed by atoms with Crippen LogP contribution >= 0.6 is 0 Å². The Labute approximate surface area is 137 Å². The van der Waals surface area contributed by atoms with Crippen LogP contribution < -0.4 is 0 Å². The standard InChI is InChI=1S/C19H28O4/c1-19(17(20)21,18(22)23)16(14-8-10-2-4-12(14)6-10)15-9-11-3-5-13(15)7-11/h10-16H,2-9H2,1H3,(H,20,21)(H,22,23). The monoisotopic (exact) mass is 320 g/mol. The van der Waals surface area contributed by atoms with Gasteiger partial charge in [0.25, 0.3) is 0 Å². The summed E-state index contributed by atoms with van der Waals surface area (Å²) in [5.41, 5.74) is -1.62. The highest BCUT2D eigenvalue weighted by Crippen LogP contribution is 2.62. The van der Waals surface area contributed by atoms with Crippen molar-refractivity contribution in [1.29, 1.82) is 0 Å². The smallest absolute Gasteiger partial charge is 0.321 e. The number of rotatable bonds is 5. The van der Waals surface area contributed by atoms with Crippen LogP contribution in [0.1, 0.15) is 58.3 Å². The summed E-state index contributed by atoms with van der Waals surface area (Å²) in [6.07, 6.45) is 9.44. The fourth-order valence-electron chi connectivity index (χ4n) is 7.02. The van der Waals surface area contributed by atoms with E-state index in [2.05, 4.69) is 0 Å². The molecule has 4 heteroatoms. The molecule has 4 aliphatic rings. The van der Waals surface area contributed by atoms with Crippen LogP contribution in [0.25, 0.3) is 0 Å². The van der Waals surface area contributed by atoms with E-state index in [1.807, 2.05) is 0 Å². The Hall–Kier alpha value is -1.06. The van der Waals surface area contributed by atoms with Crippen molar-refractivity contribution in [2.24, 2.45) is 46.8 Å². The van der Waals surface area contributed by atoms with Crippen LogP contribution in [-0.4, -0.2) is 22.2 Å². The number of carbonyl (C=O) groups is 2. The minimum Gasteiger partial charge on any atom is -0.480 e. The van der Waals surface area contributed by atoms with Crippen LogP contribution in [0.5, 0.6) is 0 Å². The maximum atomic E-state index is 12.0. The maximum Gasteiger partial charge on any atom is 0.321 e. The molecule has 4 saturated carbocycles. The van der Waals surface area contributed by atoms with Crippen molar-refractivity contribution in [3.8, 4) is 0 Å². The zero-order valence-corrected chi connectivity index (χ0v) is 13.9. The van der Waals surface area contributed by atoms with Crippen LogP contribution in [0.3, 0.4) is 0 Å². The van der Waals surface area contributed by atoms with Crippen LogP contribution in [0.2, 0.25) is 0 Å². The minimum absolute atomic E-state index is 0.178. The molecule has 0 spiro atoms. The Morgan fingerprint density at radius 2 is 1.26 bits per heavy atom. The molecule has 0 saturated heterocycles. The fraction of sp³-hybridized carbons (Fsp3) is 0.895. The van der Waals surface area contributed by atoms with E-state index in [9.17, 15) is 19.8 Å². The number of hydrogen-bond acceptors (Lipinski definition) is 2. The van der Waals surface area contributed by atoms with Crippen molar-refractivity contribution in [3.05, 3.63) is 0 Å². The molecule has 0 aromatic carbocycles. The van der Waals surface area contributed by atoms with Gasteiger partial charge in [0.15, 0.2) is 5.41 Å². The lowest BCUT2D eigenvalue weighted by Gasteiger charge is -2.44. The molecule has 0 aromatic heterocycles. The van der Waals surface area contributed by atoms with Crippen molar-refractivity contribution in [2.45, 2.75) is 58.3 Å². The van der Waals surface area contributed by atoms with Gasteiger partial charge in [-0.05, 0) is 86.9 Å². The molecular formula is C19H28O4. The van der Waals surface area contributed by atoms with E-state index in [4.69, 9.17) is 0 Å². The Balaban J connectivity index is 1.71. The van der Waals surface area contributed by atoms with E-state index in [1.54, 1.807) is 0 Å². The molecule has 0 heterocycles. The average molecular weight is 320 g/mol. The van der Waals surface area contributed by atoms with E-state index in [-0.39, 0.29) is 5.92 Å². The third-order valence-electron chi connectivity index (χ3n) is 8.06. The largest absolute Gasteiger partial charge is 0.480 e. The molecule has 0 aliphatic heterocycles. The van der Waals surface area contributed by atoms with Gasteiger partial charge in [-0.15, -0.1) is 0 Å². The molecule has 6 atom stereocenters. The predicted octanol–water partition coefficient (Wildman–Crippen LogP) is 3.65. The Morgan fingerprint density at radius 3 is 1.52 bits per heavy atom. The van der Waals surface area contributed by atoms with Crippen molar-refractivity contribution in [3.63, 3.8) is 0 Å². The van der Waals surface area contributed by atoms with Gasteiger partial charge in [0, 0.05) is 0 Å². The van der Waals surface area contributed by atoms with E-state index >= 15 is 0 Å². The number of fused-ring (bicyclic) bond motifs is 4. The number of aliphatic carboxylic acids is 2. The molecule has 128 valence electrons. The quantitative estimate of drug-likeness (QED) is 0.758. The molecule has 4 nitrogen and oxygen atoms in total. The third kappa shape index (κ3) is 2.16. The van der Waals surface area contributed by atoms with Crippen molar-refractivity contribution in [1.82, 2.24) is 0 Å². The second-order valence-corrected chi connectivity index (χ2v) is 9.02. The highest BCUT2D eigenvalue weighted by atomic mass is 16.4. The lowest BCUT2D eigenvalue weighted by atomic mass is 9.58. The summed E-state index contributed by atoms with van der Waals surface area (Å²) in [5.74, 6) is 0.787. The van der Waals surface area contributed by atoms with Crippen LogP contribution in [0.15, 0.2) is 0 Å². The molecule has 0 radical (unpaired) electrons. The maximum absolute atomic E-state index is 12.0. The third-order valence-corrected chi connectivity index (χ3v) is 8.06. The molecule has 4 rings (SSSR count). The first-order valence-corrected chi connectivity index (χ1v) is 9.38. The molecule has 0 amide bonds. The predicted molar refractivity (Wildman–Crippen MR) is 84.7 cm³/mol. The minimum atomic E-state index is -1.62. The number of carboxylic acids is 2. The molecule has 4 fully saturated rings. The van der Waals surface area contributed by atoms with E-state index in [0.29, 0.717) is 23.7 Å². The van der Waals surface area contributed by atoms with Crippen molar-refractivity contribution in [2.75, 3.05) is 0 Å². The summed E-state index contributed by atoms with van der Waals surface area (Å²) in [7, 11) is 0. The van der Waals surface area contributed by atoms with Gasteiger partial charge < -0.3 is 10.2 Å². The van der Waals surface area contributed by atoms with Gasteiger partial charge in [0.1, 0.15) is 0 Å². The first-order chi connectivity index (χ1) is 10.9. The average Bonchev–Trinajstić information content (AvgIpc) is 3.27. The molecule has 0 aromatic rings. The highest BCUT2D eigenvalue weighted by Gasteiger charge is 2.61. The van der Waals surface area contributed by atoms with E-state index < -0.39 is 17.4 Å². The van der Waals surface area contributed by atoms with Gasteiger partial charge in [-0.25, -0.2) is 0 Å². The second kappa shape index (κ2) is 5.22. The van der Waals surface area contributed by atoms with Gasteiger partial charge in [-0.1, -0.05) is 12.8 Å². The molecule has 6 unspecified atom stereocenters. The van der Waals surface area contributed by atoms with Gasteiger partial charge in [0.2, 0.25) is 0 Å². The van der Waals surface area contributed by atoms with Crippen LogP contribution in [-0.2, 0) is 9.59 Å². The van der Waals surface area contributed by atoms with E-state index in [0.717, 1.165) is 24.7 Å². The zero-order valence-electron chi connectivity index (χ0n) is 13.9. The number of hydrogen-bond donors (Lipinski definition) is 2.